The Morgan fingerprint density at radius 1 is 1.29 bits per heavy atom. The SMILES string of the molecule is CCC(C)(C)CNC(C)c1ccc(F)cc1F. The standard InChI is InChI=1S/C14H21F2N/c1-5-14(3,4)9-17-10(2)12-7-6-11(15)8-13(12)16/h6-8,10,17H,5,9H2,1-4H3. The summed E-state index contributed by atoms with van der Waals surface area (Å²) in [7, 11) is 0. The number of nitrogens with one attached hydrogen (secondary N) is 1. The van der Waals surface area contributed by atoms with Gasteiger partial charge in [-0.1, -0.05) is 26.8 Å². The van der Waals surface area contributed by atoms with E-state index in [2.05, 4.69) is 26.1 Å². The van der Waals surface area contributed by atoms with Crippen molar-refractivity contribution in [2.75, 3.05) is 6.54 Å². The first kappa shape index (κ1) is 14.1. The third-order valence-electron chi connectivity index (χ3n) is 3.27. The van der Waals surface area contributed by atoms with Gasteiger partial charge in [-0.3, -0.25) is 0 Å². The molecule has 3 heteroatoms. The zero-order valence-corrected chi connectivity index (χ0v) is 11.0. The highest BCUT2D eigenvalue weighted by Crippen LogP contribution is 2.22. The molecule has 0 spiro atoms. The Balaban J connectivity index is 2.67. The van der Waals surface area contributed by atoms with Gasteiger partial charge in [-0.2, -0.15) is 0 Å². The fourth-order valence-electron chi connectivity index (χ4n) is 1.52. The summed E-state index contributed by atoms with van der Waals surface area (Å²) in [5.74, 6) is -1.02. The van der Waals surface area contributed by atoms with E-state index in [1.165, 1.54) is 12.1 Å². The molecule has 96 valence electrons. The Bertz CT molecular complexity index is 374. The average Bonchev–Trinajstić information content (AvgIpc) is 2.26. The highest BCUT2D eigenvalue weighted by Gasteiger charge is 2.18. The fourth-order valence-corrected chi connectivity index (χ4v) is 1.52. The van der Waals surface area contributed by atoms with Gasteiger partial charge in [0.2, 0.25) is 0 Å². The van der Waals surface area contributed by atoms with Gasteiger partial charge in [-0.05, 0) is 24.8 Å². The lowest BCUT2D eigenvalue weighted by molar-refractivity contribution is 0.312. The molecular formula is C14H21F2N. The Labute approximate surface area is 102 Å². The molecule has 0 aliphatic heterocycles. The van der Waals surface area contributed by atoms with Crippen molar-refractivity contribution >= 4 is 0 Å². The molecule has 0 aromatic heterocycles. The van der Waals surface area contributed by atoms with Crippen LogP contribution in [0.4, 0.5) is 8.78 Å². The second-order valence-electron chi connectivity index (χ2n) is 5.29. The van der Waals surface area contributed by atoms with Crippen LogP contribution >= 0.6 is 0 Å². The molecule has 0 bridgehead atoms. The third-order valence-corrected chi connectivity index (χ3v) is 3.27. The number of hydrogen-bond acceptors (Lipinski definition) is 1. The number of hydrogen-bond donors (Lipinski definition) is 1. The van der Waals surface area contributed by atoms with Crippen LogP contribution in [0, 0.1) is 17.0 Å². The Kier molecular flexibility index (Phi) is 4.63. The Hall–Kier alpha value is -0.960. The van der Waals surface area contributed by atoms with E-state index in [1.807, 2.05) is 6.92 Å². The molecule has 0 amide bonds. The Morgan fingerprint density at radius 3 is 2.47 bits per heavy atom. The zero-order chi connectivity index (χ0) is 13.1. The van der Waals surface area contributed by atoms with Gasteiger partial charge in [0, 0.05) is 24.2 Å². The van der Waals surface area contributed by atoms with Crippen LogP contribution < -0.4 is 5.32 Å². The summed E-state index contributed by atoms with van der Waals surface area (Å²) >= 11 is 0. The molecule has 1 nitrogen and oxygen atoms in total. The van der Waals surface area contributed by atoms with Gasteiger partial charge in [0.15, 0.2) is 0 Å². The maximum absolute atomic E-state index is 13.5. The van der Waals surface area contributed by atoms with Gasteiger partial charge < -0.3 is 5.32 Å². The van der Waals surface area contributed by atoms with Crippen molar-refractivity contribution in [2.24, 2.45) is 5.41 Å². The van der Waals surface area contributed by atoms with Crippen molar-refractivity contribution in [3.63, 3.8) is 0 Å². The monoisotopic (exact) mass is 241 g/mol. The third kappa shape index (κ3) is 4.08. The predicted octanol–water partition coefficient (Wildman–Crippen LogP) is 4.05. The van der Waals surface area contributed by atoms with E-state index < -0.39 is 11.6 Å². The van der Waals surface area contributed by atoms with Gasteiger partial charge in [0.05, 0.1) is 0 Å². The summed E-state index contributed by atoms with van der Waals surface area (Å²) in [5, 5.41) is 3.29. The molecule has 0 radical (unpaired) electrons. The van der Waals surface area contributed by atoms with Crippen molar-refractivity contribution in [1.82, 2.24) is 5.32 Å². The molecule has 1 rings (SSSR count). The minimum absolute atomic E-state index is 0.110. The zero-order valence-electron chi connectivity index (χ0n) is 11.0. The molecule has 1 aromatic carbocycles. The summed E-state index contributed by atoms with van der Waals surface area (Å²) in [6.45, 7) is 9.15. The topological polar surface area (TPSA) is 12.0 Å². The lowest BCUT2D eigenvalue weighted by Crippen LogP contribution is -2.31. The molecule has 0 fully saturated rings. The molecule has 0 saturated carbocycles. The molecule has 0 saturated heterocycles. The van der Waals surface area contributed by atoms with E-state index in [9.17, 15) is 8.78 Å². The van der Waals surface area contributed by atoms with Crippen LogP contribution in [0.3, 0.4) is 0 Å². The second-order valence-corrected chi connectivity index (χ2v) is 5.29. The fraction of sp³-hybridized carbons (Fsp3) is 0.571. The van der Waals surface area contributed by atoms with Crippen molar-refractivity contribution in [3.05, 3.63) is 35.4 Å². The quantitative estimate of drug-likeness (QED) is 0.820. The van der Waals surface area contributed by atoms with E-state index >= 15 is 0 Å². The number of benzene rings is 1. The van der Waals surface area contributed by atoms with Gasteiger partial charge in [0.25, 0.3) is 0 Å². The van der Waals surface area contributed by atoms with Crippen LogP contribution in [0.1, 0.15) is 45.7 Å². The summed E-state index contributed by atoms with van der Waals surface area (Å²) < 4.78 is 26.3. The number of halogens is 2. The van der Waals surface area contributed by atoms with Crippen molar-refractivity contribution in [1.29, 1.82) is 0 Å². The van der Waals surface area contributed by atoms with Crippen LogP contribution in [-0.4, -0.2) is 6.54 Å². The molecule has 0 aliphatic rings. The molecule has 1 atom stereocenters. The first-order valence-corrected chi connectivity index (χ1v) is 6.04. The number of rotatable bonds is 5. The first-order valence-electron chi connectivity index (χ1n) is 6.04. The van der Waals surface area contributed by atoms with Crippen LogP contribution in [0.2, 0.25) is 0 Å². The smallest absolute Gasteiger partial charge is 0.130 e. The van der Waals surface area contributed by atoms with Crippen LogP contribution in [0.25, 0.3) is 0 Å². The van der Waals surface area contributed by atoms with Gasteiger partial charge >= 0.3 is 0 Å². The average molecular weight is 241 g/mol. The van der Waals surface area contributed by atoms with Gasteiger partial charge in [-0.15, -0.1) is 0 Å². The normalized spacial score (nSPS) is 13.8. The summed E-state index contributed by atoms with van der Waals surface area (Å²) in [5.41, 5.74) is 0.698. The largest absolute Gasteiger partial charge is 0.310 e. The van der Waals surface area contributed by atoms with Crippen molar-refractivity contribution in [3.8, 4) is 0 Å². The molecule has 0 aliphatic carbocycles. The highest BCUT2D eigenvalue weighted by atomic mass is 19.1. The first-order chi connectivity index (χ1) is 7.85. The molecule has 0 heterocycles. The summed E-state index contributed by atoms with van der Waals surface area (Å²) in [6, 6.07) is 3.61. The molecule has 1 unspecified atom stereocenters. The highest BCUT2D eigenvalue weighted by molar-refractivity contribution is 5.21. The minimum Gasteiger partial charge on any atom is -0.310 e. The molecule has 1 aromatic rings. The molecule has 1 N–H and O–H groups in total. The lowest BCUT2D eigenvalue weighted by atomic mass is 9.90. The lowest BCUT2D eigenvalue weighted by Gasteiger charge is -2.26. The van der Waals surface area contributed by atoms with Gasteiger partial charge in [-0.25, -0.2) is 8.78 Å². The van der Waals surface area contributed by atoms with Crippen LogP contribution in [-0.2, 0) is 0 Å². The maximum Gasteiger partial charge on any atom is 0.130 e. The van der Waals surface area contributed by atoms with Crippen molar-refractivity contribution in [2.45, 2.75) is 40.2 Å². The summed E-state index contributed by atoms with van der Waals surface area (Å²) in [4.78, 5) is 0. The maximum atomic E-state index is 13.5. The summed E-state index contributed by atoms with van der Waals surface area (Å²) in [6.07, 6.45) is 1.05. The molecular weight excluding hydrogens is 220 g/mol. The second kappa shape index (κ2) is 5.58. The van der Waals surface area contributed by atoms with E-state index in [0.717, 1.165) is 19.0 Å². The van der Waals surface area contributed by atoms with Crippen molar-refractivity contribution < 1.29 is 8.78 Å². The van der Waals surface area contributed by atoms with E-state index in [1.54, 1.807) is 0 Å². The van der Waals surface area contributed by atoms with Gasteiger partial charge in [0.1, 0.15) is 11.6 Å². The minimum atomic E-state index is -0.535. The van der Waals surface area contributed by atoms with Crippen LogP contribution in [0.15, 0.2) is 18.2 Å². The Morgan fingerprint density at radius 2 is 1.94 bits per heavy atom. The molecule has 17 heavy (non-hydrogen) atoms. The van der Waals surface area contributed by atoms with E-state index in [0.29, 0.717) is 5.56 Å². The van der Waals surface area contributed by atoms with E-state index in [-0.39, 0.29) is 11.5 Å². The van der Waals surface area contributed by atoms with Crippen LogP contribution in [0.5, 0.6) is 0 Å². The van der Waals surface area contributed by atoms with E-state index in [4.69, 9.17) is 0 Å². The predicted molar refractivity (Wildman–Crippen MR) is 66.8 cm³/mol.